The molecule has 3 amide bonds. The number of carboxylic acid groups (broad SMARTS) is 1. The van der Waals surface area contributed by atoms with Gasteiger partial charge in [0.25, 0.3) is 0 Å². The average Bonchev–Trinajstić information content (AvgIpc) is 2.86. The number of carboxylic acids is 1. The number of hydrogen-bond donors (Lipinski definition) is 7. The molecule has 0 heterocycles. The molecule has 0 bridgehead atoms. The summed E-state index contributed by atoms with van der Waals surface area (Å²) in [5.41, 5.74) is 7.36. The SMILES string of the molecule is NC(Cc1ccccc1)C(=O)NC(CO)C(=O)NC(CO)C(=O)NC(Cc1ccccc1)C(=O)O. The van der Waals surface area contributed by atoms with E-state index in [-0.39, 0.29) is 12.8 Å². The Morgan fingerprint density at radius 1 is 0.657 bits per heavy atom. The van der Waals surface area contributed by atoms with Crippen LogP contribution in [-0.4, -0.2) is 76.4 Å². The lowest BCUT2D eigenvalue weighted by Crippen LogP contribution is -2.59. The van der Waals surface area contributed by atoms with Crippen LogP contribution >= 0.6 is 0 Å². The Bertz CT molecular complexity index is 988. The number of nitrogens with two attached hydrogens (primary N) is 1. The summed E-state index contributed by atoms with van der Waals surface area (Å²) in [6.45, 7) is -1.63. The van der Waals surface area contributed by atoms with Gasteiger partial charge in [0.15, 0.2) is 0 Å². The number of carbonyl (C=O) groups excluding carboxylic acids is 3. The van der Waals surface area contributed by atoms with Crippen LogP contribution in [0.2, 0.25) is 0 Å². The van der Waals surface area contributed by atoms with Gasteiger partial charge < -0.3 is 37.0 Å². The second-order valence-corrected chi connectivity index (χ2v) is 7.87. The molecule has 0 radical (unpaired) electrons. The molecule has 2 aromatic rings. The van der Waals surface area contributed by atoms with E-state index >= 15 is 0 Å². The fourth-order valence-electron chi connectivity index (χ4n) is 3.22. The van der Waals surface area contributed by atoms with E-state index in [2.05, 4.69) is 16.0 Å². The second kappa shape index (κ2) is 13.8. The highest BCUT2D eigenvalue weighted by Gasteiger charge is 2.30. The van der Waals surface area contributed by atoms with Crippen LogP contribution in [0.3, 0.4) is 0 Å². The minimum absolute atomic E-state index is 0.0113. The van der Waals surface area contributed by atoms with E-state index in [1.165, 1.54) is 0 Å². The first-order valence-electron chi connectivity index (χ1n) is 10.9. The van der Waals surface area contributed by atoms with Crippen molar-refractivity contribution in [3.8, 4) is 0 Å². The van der Waals surface area contributed by atoms with Crippen molar-refractivity contribution in [1.29, 1.82) is 0 Å². The molecule has 0 saturated carbocycles. The van der Waals surface area contributed by atoms with Crippen molar-refractivity contribution >= 4 is 23.7 Å². The van der Waals surface area contributed by atoms with Crippen molar-refractivity contribution in [2.45, 2.75) is 37.0 Å². The number of rotatable bonds is 13. The molecule has 0 aliphatic carbocycles. The molecule has 11 heteroatoms. The van der Waals surface area contributed by atoms with Gasteiger partial charge in [0.2, 0.25) is 17.7 Å². The van der Waals surface area contributed by atoms with Crippen molar-refractivity contribution in [3.63, 3.8) is 0 Å². The predicted molar refractivity (Wildman–Crippen MR) is 126 cm³/mol. The third-order valence-corrected chi connectivity index (χ3v) is 5.16. The Hall–Kier alpha value is -3.80. The van der Waals surface area contributed by atoms with Gasteiger partial charge in [0.1, 0.15) is 18.1 Å². The van der Waals surface area contributed by atoms with Crippen LogP contribution in [-0.2, 0) is 32.0 Å². The van der Waals surface area contributed by atoms with Gasteiger partial charge in [-0.25, -0.2) is 4.79 Å². The zero-order valence-electron chi connectivity index (χ0n) is 19.0. The monoisotopic (exact) mass is 486 g/mol. The second-order valence-electron chi connectivity index (χ2n) is 7.87. The third-order valence-electron chi connectivity index (χ3n) is 5.16. The van der Waals surface area contributed by atoms with Crippen molar-refractivity contribution in [2.75, 3.05) is 13.2 Å². The molecule has 35 heavy (non-hydrogen) atoms. The molecule has 8 N–H and O–H groups in total. The maximum absolute atomic E-state index is 12.5. The quantitative estimate of drug-likeness (QED) is 0.175. The van der Waals surface area contributed by atoms with Crippen LogP contribution in [0.1, 0.15) is 11.1 Å². The van der Waals surface area contributed by atoms with Gasteiger partial charge >= 0.3 is 5.97 Å². The van der Waals surface area contributed by atoms with Gasteiger partial charge in [-0.3, -0.25) is 14.4 Å². The first-order valence-corrected chi connectivity index (χ1v) is 10.9. The molecule has 0 spiro atoms. The first-order chi connectivity index (χ1) is 16.7. The smallest absolute Gasteiger partial charge is 0.326 e. The highest BCUT2D eigenvalue weighted by atomic mass is 16.4. The van der Waals surface area contributed by atoms with Crippen LogP contribution in [0, 0.1) is 0 Å². The van der Waals surface area contributed by atoms with E-state index in [1.54, 1.807) is 54.6 Å². The molecule has 0 aromatic heterocycles. The van der Waals surface area contributed by atoms with Crippen molar-refractivity contribution < 1.29 is 34.5 Å². The highest BCUT2D eigenvalue weighted by Crippen LogP contribution is 2.05. The van der Waals surface area contributed by atoms with Gasteiger partial charge in [-0.1, -0.05) is 60.7 Å². The summed E-state index contributed by atoms with van der Waals surface area (Å²) >= 11 is 0. The summed E-state index contributed by atoms with van der Waals surface area (Å²) in [6, 6.07) is 12.3. The molecule has 0 saturated heterocycles. The van der Waals surface area contributed by atoms with Crippen LogP contribution in [0.5, 0.6) is 0 Å². The molecule has 2 rings (SSSR count). The van der Waals surface area contributed by atoms with Crippen molar-refractivity contribution in [3.05, 3.63) is 71.8 Å². The summed E-state index contributed by atoms with van der Waals surface area (Å²) in [5.74, 6) is -3.87. The molecule has 0 fully saturated rings. The maximum Gasteiger partial charge on any atom is 0.326 e. The lowest BCUT2D eigenvalue weighted by molar-refractivity contribution is -0.142. The molecular weight excluding hydrogens is 456 g/mol. The van der Waals surface area contributed by atoms with Gasteiger partial charge in [0, 0.05) is 6.42 Å². The molecule has 4 atom stereocenters. The van der Waals surface area contributed by atoms with E-state index < -0.39 is 61.1 Å². The number of carbonyl (C=O) groups is 4. The minimum atomic E-state index is -1.51. The zero-order valence-corrected chi connectivity index (χ0v) is 19.0. The standard InChI is InChI=1S/C24H30N4O7/c25-17(11-15-7-3-1-4-8-15)21(31)27-19(13-29)23(33)28-20(14-30)22(32)26-18(24(34)35)12-16-9-5-2-6-10-16/h1-10,17-20,29-30H,11-14,25H2,(H,26,32)(H,27,31)(H,28,33)(H,34,35). The number of hydrogen-bond acceptors (Lipinski definition) is 7. The summed E-state index contributed by atoms with van der Waals surface area (Å²) in [5, 5.41) is 35.4. The number of nitrogens with one attached hydrogen (secondary N) is 3. The van der Waals surface area contributed by atoms with Crippen LogP contribution in [0.4, 0.5) is 0 Å². The zero-order chi connectivity index (χ0) is 25.8. The number of aliphatic carboxylic acids is 1. The molecule has 0 aliphatic rings. The van der Waals surface area contributed by atoms with E-state index in [0.717, 1.165) is 5.56 Å². The lowest BCUT2D eigenvalue weighted by atomic mass is 10.1. The van der Waals surface area contributed by atoms with Crippen LogP contribution < -0.4 is 21.7 Å². The lowest BCUT2D eigenvalue weighted by Gasteiger charge is -2.23. The van der Waals surface area contributed by atoms with Crippen LogP contribution in [0.15, 0.2) is 60.7 Å². The summed E-state index contributed by atoms with van der Waals surface area (Å²) in [4.78, 5) is 49.1. The van der Waals surface area contributed by atoms with Crippen molar-refractivity contribution in [2.24, 2.45) is 5.73 Å². The molecule has 11 nitrogen and oxygen atoms in total. The Morgan fingerprint density at radius 3 is 1.49 bits per heavy atom. The number of amides is 3. The summed E-state index contributed by atoms with van der Waals surface area (Å²) in [7, 11) is 0. The predicted octanol–water partition coefficient (Wildman–Crippen LogP) is -1.68. The van der Waals surface area contributed by atoms with Gasteiger partial charge in [0.05, 0.1) is 19.3 Å². The molecule has 2 aromatic carbocycles. The normalized spacial score (nSPS) is 14.1. The Morgan fingerprint density at radius 2 is 1.06 bits per heavy atom. The van der Waals surface area contributed by atoms with E-state index in [4.69, 9.17) is 5.73 Å². The fraction of sp³-hybridized carbons (Fsp3) is 0.333. The van der Waals surface area contributed by atoms with Gasteiger partial charge in [-0.05, 0) is 17.5 Å². The largest absolute Gasteiger partial charge is 0.480 e. The first kappa shape index (κ1) is 27.4. The topological polar surface area (TPSA) is 191 Å². The minimum Gasteiger partial charge on any atom is -0.480 e. The molecule has 188 valence electrons. The van der Waals surface area contributed by atoms with Gasteiger partial charge in [-0.15, -0.1) is 0 Å². The van der Waals surface area contributed by atoms with Crippen molar-refractivity contribution in [1.82, 2.24) is 16.0 Å². The Balaban J connectivity index is 1.95. The summed E-state index contributed by atoms with van der Waals surface area (Å²) < 4.78 is 0. The average molecular weight is 487 g/mol. The number of aliphatic hydroxyl groups excluding tert-OH is 2. The number of benzene rings is 2. The summed E-state index contributed by atoms with van der Waals surface area (Å²) in [6.07, 6.45) is 0.189. The molecule has 4 unspecified atom stereocenters. The molecular formula is C24H30N4O7. The Kier molecular flexibility index (Phi) is 10.8. The van der Waals surface area contributed by atoms with Gasteiger partial charge in [-0.2, -0.15) is 0 Å². The third kappa shape index (κ3) is 8.81. The fourth-order valence-corrected chi connectivity index (χ4v) is 3.22. The highest BCUT2D eigenvalue weighted by molar-refractivity contribution is 5.94. The Labute approximate surface area is 202 Å². The number of aliphatic hydroxyl groups is 2. The van der Waals surface area contributed by atoms with Crippen LogP contribution in [0.25, 0.3) is 0 Å². The van der Waals surface area contributed by atoms with E-state index in [0.29, 0.717) is 5.56 Å². The molecule has 0 aliphatic heterocycles. The van der Waals surface area contributed by atoms with E-state index in [1.807, 2.05) is 6.07 Å². The maximum atomic E-state index is 12.5. The van der Waals surface area contributed by atoms with E-state index in [9.17, 15) is 34.5 Å².